The van der Waals surface area contributed by atoms with Gasteiger partial charge in [-0.25, -0.2) is 4.68 Å². The van der Waals surface area contributed by atoms with E-state index in [-0.39, 0.29) is 12.5 Å². The van der Waals surface area contributed by atoms with Gasteiger partial charge >= 0.3 is 0 Å². The minimum absolute atomic E-state index is 0.168. The molecule has 0 saturated carbocycles. The summed E-state index contributed by atoms with van der Waals surface area (Å²) in [6.45, 7) is 8.33. The third-order valence-electron chi connectivity index (χ3n) is 6.69. The van der Waals surface area contributed by atoms with Crippen LogP contribution in [0.25, 0.3) is 0 Å². The standard InChI is InChI=1S/C30H29Cl2N5O3/c1-5-39-26-14-20(10-12-25(26)40-15-21-22(31)7-6-8-23(21)32)28-27(19(4)35-30-33-16-34-37(28)30)29(38)36-24-11-9-17(2)13-18(24)3/h6-14,16,28H,5,15H2,1-4H3,(H,36,38)(H,33,34,35)/t28-/m0/s1. The van der Waals surface area contributed by atoms with Gasteiger partial charge in [-0.15, -0.1) is 0 Å². The molecule has 2 N–H and O–H groups in total. The van der Waals surface area contributed by atoms with Crippen LogP contribution >= 0.6 is 23.2 Å². The molecule has 2 heterocycles. The first-order valence-electron chi connectivity index (χ1n) is 12.8. The third-order valence-corrected chi connectivity index (χ3v) is 7.39. The quantitative estimate of drug-likeness (QED) is 0.232. The number of carbonyl (C=O) groups is 1. The molecule has 40 heavy (non-hydrogen) atoms. The van der Waals surface area contributed by atoms with Crippen molar-refractivity contribution in [2.45, 2.75) is 40.3 Å². The first-order chi connectivity index (χ1) is 19.3. The highest BCUT2D eigenvalue weighted by atomic mass is 35.5. The number of nitrogens with one attached hydrogen (secondary N) is 2. The van der Waals surface area contributed by atoms with Gasteiger partial charge in [0.15, 0.2) is 11.5 Å². The van der Waals surface area contributed by atoms with E-state index in [0.717, 1.165) is 22.4 Å². The molecule has 0 bridgehead atoms. The van der Waals surface area contributed by atoms with Gasteiger partial charge in [-0.05, 0) is 69.2 Å². The molecule has 1 aliphatic heterocycles. The van der Waals surface area contributed by atoms with Crippen molar-refractivity contribution in [2.75, 3.05) is 17.2 Å². The Hall–Kier alpha value is -4.01. The van der Waals surface area contributed by atoms with E-state index < -0.39 is 6.04 Å². The van der Waals surface area contributed by atoms with E-state index in [1.165, 1.54) is 6.33 Å². The van der Waals surface area contributed by atoms with Crippen molar-refractivity contribution in [3.05, 3.63) is 104 Å². The minimum atomic E-state index is -0.559. The van der Waals surface area contributed by atoms with Gasteiger partial charge in [0.2, 0.25) is 5.95 Å². The summed E-state index contributed by atoms with van der Waals surface area (Å²) in [6.07, 6.45) is 1.46. The van der Waals surface area contributed by atoms with Gasteiger partial charge in [0.05, 0.1) is 12.2 Å². The molecule has 1 aliphatic rings. The van der Waals surface area contributed by atoms with Gasteiger partial charge < -0.3 is 20.1 Å². The highest BCUT2D eigenvalue weighted by molar-refractivity contribution is 6.35. The van der Waals surface area contributed by atoms with E-state index in [0.29, 0.717) is 50.9 Å². The molecule has 0 unspecified atom stereocenters. The zero-order valence-electron chi connectivity index (χ0n) is 22.6. The number of aryl methyl sites for hydroxylation is 2. The smallest absolute Gasteiger partial charge is 0.255 e. The van der Waals surface area contributed by atoms with E-state index in [4.69, 9.17) is 32.7 Å². The number of benzene rings is 3. The van der Waals surface area contributed by atoms with E-state index in [2.05, 4.69) is 20.7 Å². The summed E-state index contributed by atoms with van der Waals surface area (Å²) in [5, 5.41) is 11.8. The van der Waals surface area contributed by atoms with Gasteiger partial charge in [0.25, 0.3) is 5.91 Å². The van der Waals surface area contributed by atoms with Crippen LogP contribution in [0.15, 0.2) is 72.2 Å². The van der Waals surface area contributed by atoms with Crippen LogP contribution in [0.5, 0.6) is 11.5 Å². The molecule has 0 radical (unpaired) electrons. The molecular weight excluding hydrogens is 549 g/mol. The molecule has 0 aliphatic carbocycles. The number of amides is 1. The number of fused-ring (bicyclic) bond motifs is 1. The van der Waals surface area contributed by atoms with Crippen LogP contribution in [0, 0.1) is 13.8 Å². The Morgan fingerprint density at radius 2 is 1.80 bits per heavy atom. The fourth-order valence-electron chi connectivity index (χ4n) is 4.74. The number of nitrogens with zero attached hydrogens (tertiary/aromatic N) is 3. The summed E-state index contributed by atoms with van der Waals surface area (Å²) < 4.78 is 13.8. The average molecular weight is 579 g/mol. The minimum Gasteiger partial charge on any atom is -0.490 e. The Balaban J connectivity index is 1.50. The first-order valence-corrected chi connectivity index (χ1v) is 13.6. The highest BCUT2D eigenvalue weighted by Crippen LogP contribution is 2.39. The SMILES string of the molecule is CCOc1cc([C@H]2C(C(=O)Nc3ccc(C)cc3C)=C(C)Nc3ncnn32)ccc1OCc1c(Cl)cccc1Cl. The van der Waals surface area contributed by atoms with Crippen LogP contribution in [0.1, 0.15) is 42.1 Å². The average Bonchev–Trinajstić information content (AvgIpc) is 3.38. The summed E-state index contributed by atoms with van der Waals surface area (Å²) in [6, 6.07) is 16.3. The van der Waals surface area contributed by atoms with Gasteiger partial charge in [0.1, 0.15) is 19.0 Å². The van der Waals surface area contributed by atoms with E-state index >= 15 is 0 Å². The van der Waals surface area contributed by atoms with Crippen LogP contribution in [-0.4, -0.2) is 27.3 Å². The topological polar surface area (TPSA) is 90.3 Å². The highest BCUT2D eigenvalue weighted by Gasteiger charge is 2.34. The molecule has 206 valence electrons. The maximum Gasteiger partial charge on any atom is 0.255 e. The monoisotopic (exact) mass is 577 g/mol. The number of carbonyl (C=O) groups excluding carboxylic acids is 1. The molecule has 4 aromatic rings. The molecule has 0 spiro atoms. The molecule has 1 aromatic heterocycles. The lowest BCUT2D eigenvalue weighted by molar-refractivity contribution is -0.113. The second-order valence-corrected chi connectivity index (χ2v) is 10.3. The summed E-state index contributed by atoms with van der Waals surface area (Å²) in [5.41, 5.74) is 5.51. The normalized spacial score (nSPS) is 14.4. The fourth-order valence-corrected chi connectivity index (χ4v) is 5.25. The third kappa shape index (κ3) is 5.50. The number of ether oxygens (including phenoxy) is 2. The van der Waals surface area contributed by atoms with Crippen LogP contribution < -0.4 is 20.1 Å². The second-order valence-electron chi connectivity index (χ2n) is 9.49. The lowest BCUT2D eigenvalue weighted by atomic mass is 9.94. The number of rotatable bonds is 8. The van der Waals surface area contributed by atoms with Gasteiger partial charge in [-0.1, -0.05) is 53.0 Å². The van der Waals surface area contributed by atoms with Crippen molar-refractivity contribution in [3.8, 4) is 11.5 Å². The summed E-state index contributed by atoms with van der Waals surface area (Å²) >= 11 is 12.7. The lowest BCUT2D eigenvalue weighted by Crippen LogP contribution is -2.31. The predicted molar refractivity (Wildman–Crippen MR) is 157 cm³/mol. The van der Waals surface area contributed by atoms with Gasteiger partial charge in [-0.2, -0.15) is 10.1 Å². The van der Waals surface area contributed by atoms with Crippen molar-refractivity contribution >= 4 is 40.7 Å². The van der Waals surface area contributed by atoms with Crippen molar-refractivity contribution in [1.29, 1.82) is 0 Å². The Morgan fingerprint density at radius 3 is 2.52 bits per heavy atom. The molecule has 10 heteroatoms. The molecule has 0 saturated heterocycles. The molecule has 3 aromatic carbocycles. The Labute approximate surface area is 242 Å². The molecule has 8 nitrogen and oxygen atoms in total. The number of hydrogen-bond acceptors (Lipinski definition) is 6. The Kier molecular flexibility index (Phi) is 8.00. The van der Waals surface area contributed by atoms with Gasteiger partial charge in [0, 0.05) is 27.0 Å². The maximum absolute atomic E-state index is 13.8. The molecular formula is C30H29Cl2N5O3. The largest absolute Gasteiger partial charge is 0.490 e. The van der Waals surface area contributed by atoms with Crippen molar-refractivity contribution < 1.29 is 14.3 Å². The summed E-state index contributed by atoms with van der Waals surface area (Å²) in [5.74, 6) is 1.35. The van der Waals surface area contributed by atoms with Crippen molar-refractivity contribution in [3.63, 3.8) is 0 Å². The zero-order valence-corrected chi connectivity index (χ0v) is 24.1. The van der Waals surface area contributed by atoms with Crippen LogP contribution in [0.4, 0.5) is 11.6 Å². The molecule has 1 amide bonds. The molecule has 0 fully saturated rings. The molecule has 5 rings (SSSR count). The van der Waals surface area contributed by atoms with Crippen LogP contribution in [-0.2, 0) is 11.4 Å². The number of halogens is 2. The second kappa shape index (κ2) is 11.6. The maximum atomic E-state index is 13.8. The van der Waals surface area contributed by atoms with E-state index in [1.807, 2.05) is 64.1 Å². The van der Waals surface area contributed by atoms with E-state index in [9.17, 15) is 4.79 Å². The number of hydrogen-bond donors (Lipinski definition) is 2. The zero-order chi connectivity index (χ0) is 28.4. The first kappa shape index (κ1) is 27.6. The number of aromatic nitrogens is 3. The predicted octanol–water partition coefficient (Wildman–Crippen LogP) is 7.11. The van der Waals surface area contributed by atoms with Crippen LogP contribution in [0.3, 0.4) is 0 Å². The Bertz CT molecular complexity index is 1590. The lowest BCUT2D eigenvalue weighted by Gasteiger charge is -2.29. The summed E-state index contributed by atoms with van der Waals surface area (Å²) in [7, 11) is 0. The fraction of sp³-hybridized carbons (Fsp3) is 0.233. The van der Waals surface area contributed by atoms with Crippen LogP contribution in [0.2, 0.25) is 10.0 Å². The van der Waals surface area contributed by atoms with E-state index in [1.54, 1.807) is 22.9 Å². The van der Waals surface area contributed by atoms with Crippen molar-refractivity contribution in [1.82, 2.24) is 14.8 Å². The Morgan fingerprint density at radius 1 is 1.02 bits per heavy atom. The number of anilines is 2. The van der Waals surface area contributed by atoms with Gasteiger partial charge in [-0.3, -0.25) is 4.79 Å². The number of allylic oxidation sites excluding steroid dienone is 1. The molecule has 1 atom stereocenters. The summed E-state index contributed by atoms with van der Waals surface area (Å²) in [4.78, 5) is 18.1. The van der Waals surface area contributed by atoms with Crippen molar-refractivity contribution in [2.24, 2.45) is 0 Å².